The number of carbonyl (C=O) groups excluding carboxylic acids is 1. The van der Waals surface area contributed by atoms with Crippen molar-refractivity contribution in [1.82, 2.24) is 15.1 Å². The number of aromatic nitrogens is 2. The van der Waals surface area contributed by atoms with Crippen molar-refractivity contribution in [1.29, 1.82) is 0 Å². The Hall–Kier alpha value is -1.52. The van der Waals surface area contributed by atoms with Crippen molar-refractivity contribution in [2.75, 3.05) is 6.61 Å². The molecule has 2 rings (SSSR count). The lowest BCUT2D eigenvalue weighted by atomic mass is 9.86. The van der Waals surface area contributed by atoms with Crippen molar-refractivity contribution in [3.63, 3.8) is 0 Å². The zero-order valence-electron chi connectivity index (χ0n) is 14.1. The number of rotatable bonds is 7. The molecule has 0 bridgehead atoms. The van der Waals surface area contributed by atoms with E-state index < -0.39 is 0 Å². The molecular weight excluding hydrogens is 278 g/mol. The van der Waals surface area contributed by atoms with Gasteiger partial charge in [0, 0.05) is 18.8 Å². The van der Waals surface area contributed by atoms with Crippen LogP contribution in [0, 0.1) is 5.92 Å². The highest BCUT2D eigenvalue weighted by Crippen LogP contribution is 2.25. The highest BCUT2D eigenvalue weighted by molar-refractivity contribution is 5.96. The quantitative estimate of drug-likeness (QED) is 0.840. The summed E-state index contributed by atoms with van der Waals surface area (Å²) in [6.07, 6.45) is 8.44. The number of aryl methyl sites for hydroxylation is 1. The number of amides is 1. The maximum atomic E-state index is 12.6. The van der Waals surface area contributed by atoms with Gasteiger partial charge in [0.15, 0.2) is 0 Å². The number of ether oxygens (including phenoxy) is 1. The summed E-state index contributed by atoms with van der Waals surface area (Å²) in [5.41, 5.74) is 0.569. The van der Waals surface area contributed by atoms with E-state index in [0.717, 1.165) is 25.8 Å². The molecule has 0 radical (unpaired) electrons. The number of hydrogen-bond donors (Lipinski definition) is 1. The second-order valence-electron chi connectivity index (χ2n) is 6.30. The average molecular weight is 307 g/mol. The summed E-state index contributed by atoms with van der Waals surface area (Å²) in [6, 6.07) is 0.273. The van der Waals surface area contributed by atoms with E-state index >= 15 is 0 Å². The molecule has 1 aromatic rings. The molecule has 0 aromatic carbocycles. The summed E-state index contributed by atoms with van der Waals surface area (Å²) in [6.45, 7) is 7.75. The third-order valence-electron chi connectivity index (χ3n) is 4.30. The molecule has 2 unspecified atom stereocenters. The molecule has 0 saturated heterocycles. The van der Waals surface area contributed by atoms with Gasteiger partial charge >= 0.3 is 0 Å². The van der Waals surface area contributed by atoms with Crippen molar-refractivity contribution in [3.05, 3.63) is 11.8 Å². The molecule has 1 saturated carbocycles. The van der Waals surface area contributed by atoms with Gasteiger partial charge in [-0.3, -0.25) is 9.48 Å². The van der Waals surface area contributed by atoms with Gasteiger partial charge in [0.1, 0.15) is 5.56 Å². The van der Waals surface area contributed by atoms with E-state index in [1.807, 2.05) is 17.8 Å². The molecule has 124 valence electrons. The fourth-order valence-electron chi connectivity index (χ4n) is 2.99. The molecule has 5 heteroatoms. The Bertz CT molecular complexity index is 484. The van der Waals surface area contributed by atoms with Crippen LogP contribution >= 0.6 is 0 Å². The lowest BCUT2D eigenvalue weighted by Crippen LogP contribution is -2.41. The molecule has 2 atom stereocenters. The molecule has 5 nitrogen and oxygen atoms in total. The summed E-state index contributed by atoms with van der Waals surface area (Å²) in [5.74, 6) is 0.965. The third kappa shape index (κ3) is 4.24. The van der Waals surface area contributed by atoms with Crippen molar-refractivity contribution in [2.24, 2.45) is 5.92 Å². The highest BCUT2D eigenvalue weighted by Gasteiger charge is 2.25. The number of nitrogens with one attached hydrogen (secondary N) is 1. The summed E-state index contributed by atoms with van der Waals surface area (Å²) in [4.78, 5) is 12.6. The maximum Gasteiger partial charge on any atom is 0.258 e. The van der Waals surface area contributed by atoms with Gasteiger partial charge in [0.25, 0.3) is 5.91 Å². The molecule has 1 amide bonds. The zero-order valence-corrected chi connectivity index (χ0v) is 14.1. The highest BCUT2D eigenvalue weighted by atomic mass is 16.5. The molecule has 1 aliphatic rings. The van der Waals surface area contributed by atoms with Crippen LogP contribution in [0.25, 0.3) is 0 Å². The molecule has 1 aromatic heterocycles. The molecule has 1 heterocycles. The van der Waals surface area contributed by atoms with Crippen molar-refractivity contribution < 1.29 is 9.53 Å². The zero-order chi connectivity index (χ0) is 15.9. The van der Waals surface area contributed by atoms with E-state index in [2.05, 4.69) is 24.3 Å². The first-order valence-corrected chi connectivity index (χ1v) is 8.66. The van der Waals surface area contributed by atoms with Crippen LogP contribution in [-0.2, 0) is 6.54 Å². The van der Waals surface area contributed by atoms with Gasteiger partial charge < -0.3 is 10.1 Å². The van der Waals surface area contributed by atoms with Crippen LogP contribution in [0.2, 0.25) is 0 Å². The van der Waals surface area contributed by atoms with E-state index in [1.165, 1.54) is 19.3 Å². The molecule has 0 spiro atoms. The van der Waals surface area contributed by atoms with E-state index in [4.69, 9.17) is 4.74 Å². The van der Waals surface area contributed by atoms with Gasteiger partial charge in [0.05, 0.1) is 6.61 Å². The van der Waals surface area contributed by atoms with Crippen molar-refractivity contribution in [3.8, 4) is 5.88 Å². The van der Waals surface area contributed by atoms with Crippen LogP contribution in [0.4, 0.5) is 0 Å². The van der Waals surface area contributed by atoms with Crippen LogP contribution in [0.3, 0.4) is 0 Å². The van der Waals surface area contributed by atoms with E-state index in [-0.39, 0.29) is 11.9 Å². The minimum atomic E-state index is -0.0489. The first-order valence-electron chi connectivity index (χ1n) is 8.66. The van der Waals surface area contributed by atoms with Gasteiger partial charge in [0.2, 0.25) is 5.88 Å². The first-order chi connectivity index (χ1) is 10.7. The molecular formula is C17H29N3O2. The predicted molar refractivity (Wildman–Crippen MR) is 87.2 cm³/mol. The Labute approximate surface area is 133 Å². The molecule has 1 fully saturated rings. The van der Waals surface area contributed by atoms with Crippen molar-refractivity contribution in [2.45, 2.75) is 71.9 Å². The Morgan fingerprint density at radius 3 is 2.82 bits per heavy atom. The third-order valence-corrected chi connectivity index (χ3v) is 4.30. The second kappa shape index (κ2) is 8.20. The molecule has 1 N–H and O–H groups in total. The van der Waals surface area contributed by atoms with Gasteiger partial charge in [-0.15, -0.1) is 5.10 Å². The van der Waals surface area contributed by atoms with E-state index in [9.17, 15) is 4.79 Å². The normalized spacial score (nSPS) is 21.6. The number of hydrogen-bond acceptors (Lipinski definition) is 3. The van der Waals surface area contributed by atoms with Crippen molar-refractivity contribution >= 4 is 5.91 Å². The van der Waals surface area contributed by atoms with Gasteiger partial charge in [-0.05, 0) is 31.6 Å². The van der Waals surface area contributed by atoms with Crippen LogP contribution in [0.5, 0.6) is 5.88 Å². The average Bonchev–Trinajstić information content (AvgIpc) is 2.91. The summed E-state index contributed by atoms with van der Waals surface area (Å²) in [7, 11) is 0. The monoisotopic (exact) mass is 307 g/mol. The lowest BCUT2D eigenvalue weighted by molar-refractivity contribution is 0.0906. The summed E-state index contributed by atoms with van der Waals surface area (Å²) < 4.78 is 7.47. The predicted octanol–water partition coefficient (Wildman–Crippen LogP) is 3.39. The number of carbonyl (C=O) groups is 1. The fourth-order valence-corrected chi connectivity index (χ4v) is 2.99. The first kappa shape index (κ1) is 16.8. The minimum Gasteiger partial charge on any atom is -0.476 e. The largest absolute Gasteiger partial charge is 0.476 e. The Balaban J connectivity index is 2.08. The maximum absolute atomic E-state index is 12.6. The van der Waals surface area contributed by atoms with E-state index in [1.54, 1.807) is 0 Å². The summed E-state index contributed by atoms with van der Waals surface area (Å²) >= 11 is 0. The van der Waals surface area contributed by atoms with Crippen LogP contribution in [0.1, 0.15) is 69.7 Å². The SMILES string of the molecule is CCCOc1nn(CCC)cc1C(=O)NC1CCCCC1C. The van der Waals surface area contributed by atoms with Crippen LogP contribution in [0.15, 0.2) is 6.20 Å². The van der Waals surface area contributed by atoms with Gasteiger partial charge in [-0.2, -0.15) is 0 Å². The topological polar surface area (TPSA) is 56.2 Å². The molecule has 1 aliphatic carbocycles. The Morgan fingerprint density at radius 1 is 1.36 bits per heavy atom. The van der Waals surface area contributed by atoms with Crippen LogP contribution < -0.4 is 10.1 Å². The lowest BCUT2D eigenvalue weighted by Gasteiger charge is -2.29. The Kier molecular flexibility index (Phi) is 6.28. The minimum absolute atomic E-state index is 0.0489. The van der Waals surface area contributed by atoms with E-state index in [0.29, 0.717) is 24.0 Å². The molecule has 0 aliphatic heterocycles. The van der Waals surface area contributed by atoms with Crippen LogP contribution in [-0.4, -0.2) is 28.3 Å². The fraction of sp³-hybridized carbons (Fsp3) is 0.765. The standard InChI is InChI=1S/C17H29N3O2/c1-4-10-20-12-14(17(19-20)22-11-5-2)16(21)18-15-9-7-6-8-13(15)3/h12-13,15H,4-11H2,1-3H3,(H,18,21). The Morgan fingerprint density at radius 2 is 2.14 bits per heavy atom. The molecule has 22 heavy (non-hydrogen) atoms. The second-order valence-corrected chi connectivity index (χ2v) is 6.30. The number of nitrogens with zero attached hydrogens (tertiary/aromatic N) is 2. The summed E-state index contributed by atoms with van der Waals surface area (Å²) in [5, 5.41) is 7.59. The smallest absolute Gasteiger partial charge is 0.258 e. The van der Waals surface area contributed by atoms with Gasteiger partial charge in [-0.1, -0.05) is 33.6 Å². The van der Waals surface area contributed by atoms with Gasteiger partial charge in [-0.25, -0.2) is 0 Å².